The predicted octanol–water partition coefficient (Wildman–Crippen LogP) is 1.12. The van der Waals surface area contributed by atoms with Crippen molar-refractivity contribution in [1.82, 2.24) is 4.90 Å². The molecule has 1 heterocycles. The first kappa shape index (κ1) is 17.3. The number of rotatable bonds is 7. The molecule has 6 nitrogen and oxygen atoms in total. The second-order valence-electron chi connectivity index (χ2n) is 5.63. The molecule has 23 heavy (non-hydrogen) atoms. The molecule has 2 rings (SSSR count). The Morgan fingerprint density at radius 3 is 2.57 bits per heavy atom. The molecule has 1 aliphatic rings. The third-order valence-electron chi connectivity index (χ3n) is 4.11. The predicted molar refractivity (Wildman–Crippen MR) is 86.0 cm³/mol. The fraction of sp³-hybridized carbons (Fsp3) is 0.529. The van der Waals surface area contributed by atoms with Crippen LogP contribution in [-0.2, 0) is 20.7 Å². The summed E-state index contributed by atoms with van der Waals surface area (Å²) in [5, 5.41) is 0. The summed E-state index contributed by atoms with van der Waals surface area (Å²) in [5.41, 5.74) is 6.45. The molecule has 0 aliphatic carbocycles. The topological polar surface area (TPSA) is 81.9 Å². The Labute approximate surface area is 136 Å². The fourth-order valence-electron chi connectivity index (χ4n) is 2.83. The largest absolute Gasteiger partial charge is 0.494 e. The van der Waals surface area contributed by atoms with E-state index in [-0.39, 0.29) is 12.0 Å². The molecule has 1 saturated heterocycles. The van der Waals surface area contributed by atoms with Crippen LogP contribution in [-0.4, -0.2) is 49.1 Å². The number of nitrogens with zero attached hydrogens (tertiary/aromatic N) is 1. The van der Waals surface area contributed by atoms with Crippen LogP contribution in [0.15, 0.2) is 24.3 Å². The normalized spacial score (nSPS) is 20.5. The lowest BCUT2D eigenvalue weighted by molar-refractivity contribution is -0.137. The first-order chi connectivity index (χ1) is 11.0. The minimum absolute atomic E-state index is 0.0674. The molecule has 1 aliphatic heterocycles. The molecule has 0 bridgehead atoms. The number of hydrogen-bond acceptors (Lipinski definition) is 4. The summed E-state index contributed by atoms with van der Waals surface area (Å²) >= 11 is 0. The molecular formula is C17H24N2O4. The summed E-state index contributed by atoms with van der Waals surface area (Å²) in [7, 11) is 1.58. The highest BCUT2D eigenvalue weighted by Crippen LogP contribution is 2.21. The number of amides is 2. The van der Waals surface area contributed by atoms with Gasteiger partial charge >= 0.3 is 0 Å². The van der Waals surface area contributed by atoms with E-state index in [2.05, 4.69) is 0 Å². The van der Waals surface area contributed by atoms with E-state index in [1.54, 1.807) is 12.0 Å². The van der Waals surface area contributed by atoms with Crippen molar-refractivity contribution in [3.05, 3.63) is 29.8 Å². The lowest BCUT2D eigenvalue weighted by Gasteiger charge is -2.22. The van der Waals surface area contributed by atoms with Gasteiger partial charge in [-0.15, -0.1) is 0 Å². The van der Waals surface area contributed by atoms with E-state index in [9.17, 15) is 9.59 Å². The zero-order valence-electron chi connectivity index (χ0n) is 13.7. The fourth-order valence-corrected chi connectivity index (χ4v) is 2.83. The van der Waals surface area contributed by atoms with Crippen molar-refractivity contribution < 1.29 is 19.1 Å². The van der Waals surface area contributed by atoms with Crippen LogP contribution in [0.4, 0.5) is 0 Å². The SMILES string of the molecule is CCOc1ccc(CCC(=O)N2C[C@@H](OC)C[C@H]2C(N)=O)cc1. The summed E-state index contributed by atoms with van der Waals surface area (Å²) in [6.07, 6.45) is 1.31. The summed E-state index contributed by atoms with van der Waals surface area (Å²) in [6, 6.07) is 7.13. The van der Waals surface area contributed by atoms with Gasteiger partial charge in [-0.3, -0.25) is 9.59 Å². The minimum atomic E-state index is -0.562. The van der Waals surface area contributed by atoms with Crippen molar-refractivity contribution in [3.63, 3.8) is 0 Å². The molecule has 126 valence electrons. The number of likely N-dealkylation sites (tertiary alicyclic amines) is 1. The molecule has 2 N–H and O–H groups in total. The highest BCUT2D eigenvalue weighted by atomic mass is 16.5. The lowest BCUT2D eigenvalue weighted by Crippen LogP contribution is -2.43. The lowest BCUT2D eigenvalue weighted by atomic mass is 10.1. The highest BCUT2D eigenvalue weighted by Gasteiger charge is 2.38. The molecule has 0 spiro atoms. The Morgan fingerprint density at radius 2 is 2.00 bits per heavy atom. The van der Waals surface area contributed by atoms with Crippen LogP contribution in [0.2, 0.25) is 0 Å². The molecular weight excluding hydrogens is 296 g/mol. The second kappa shape index (κ2) is 7.97. The number of methoxy groups -OCH3 is 1. The van der Waals surface area contributed by atoms with Crippen LogP contribution in [0.1, 0.15) is 25.3 Å². The number of nitrogens with two attached hydrogens (primary N) is 1. The minimum Gasteiger partial charge on any atom is -0.494 e. The van der Waals surface area contributed by atoms with Gasteiger partial charge < -0.3 is 20.1 Å². The Balaban J connectivity index is 1.91. The van der Waals surface area contributed by atoms with Gasteiger partial charge in [-0.25, -0.2) is 0 Å². The molecule has 0 unspecified atom stereocenters. The standard InChI is InChI=1S/C17H24N2O4/c1-3-23-13-7-4-12(5-8-13)6-9-16(20)19-11-14(22-2)10-15(19)17(18)21/h4-5,7-8,14-15H,3,6,9-11H2,1-2H3,(H2,18,21)/t14-,15-/m0/s1. The van der Waals surface area contributed by atoms with Crippen molar-refractivity contribution in [2.45, 2.75) is 38.3 Å². The van der Waals surface area contributed by atoms with E-state index < -0.39 is 11.9 Å². The van der Waals surface area contributed by atoms with Crippen molar-refractivity contribution in [2.75, 3.05) is 20.3 Å². The van der Waals surface area contributed by atoms with Gasteiger partial charge in [0, 0.05) is 26.5 Å². The van der Waals surface area contributed by atoms with Gasteiger partial charge in [0.1, 0.15) is 11.8 Å². The van der Waals surface area contributed by atoms with Crippen LogP contribution in [0.25, 0.3) is 0 Å². The first-order valence-electron chi connectivity index (χ1n) is 7.88. The van der Waals surface area contributed by atoms with Crippen molar-refractivity contribution in [1.29, 1.82) is 0 Å². The molecule has 2 atom stereocenters. The third kappa shape index (κ3) is 4.45. The monoisotopic (exact) mass is 320 g/mol. The summed E-state index contributed by atoms with van der Waals surface area (Å²) < 4.78 is 10.6. The van der Waals surface area contributed by atoms with Gasteiger partial charge in [0.15, 0.2) is 0 Å². The molecule has 0 radical (unpaired) electrons. The van der Waals surface area contributed by atoms with Gasteiger partial charge in [0.2, 0.25) is 11.8 Å². The Kier molecular flexibility index (Phi) is 5.98. The van der Waals surface area contributed by atoms with Crippen molar-refractivity contribution in [3.8, 4) is 5.75 Å². The summed E-state index contributed by atoms with van der Waals surface area (Å²) in [4.78, 5) is 25.5. The van der Waals surface area contributed by atoms with Gasteiger partial charge in [0.25, 0.3) is 0 Å². The third-order valence-corrected chi connectivity index (χ3v) is 4.11. The average molecular weight is 320 g/mol. The van der Waals surface area contributed by atoms with Crippen molar-refractivity contribution >= 4 is 11.8 Å². The molecule has 1 fully saturated rings. The number of primary amides is 1. The summed E-state index contributed by atoms with van der Waals surface area (Å²) in [6.45, 7) is 2.99. The maximum atomic E-state index is 12.4. The highest BCUT2D eigenvalue weighted by molar-refractivity contribution is 5.87. The molecule has 1 aromatic rings. The zero-order valence-corrected chi connectivity index (χ0v) is 13.7. The average Bonchev–Trinajstić information content (AvgIpc) is 2.99. The maximum absolute atomic E-state index is 12.4. The molecule has 6 heteroatoms. The van der Waals surface area contributed by atoms with Crippen LogP contribution >= 0.6 is 0 Å². The van der Waals surface area contributed by atoms with Gasteiger partial charge in [-0.1, -0.05) is 12.1 Å². The van der Waals surface area contributed by atoms with Crippen molar-refractivity contribution in [2.24, 2.45) is 5.73 Å². The second-order valence-corrected chi connectivity index (χ2v) is 5.63. The molecule has 0 saturated carbocycles. The molecule has 1 aromatic carbocycles. The van der Waals surface area contributed by atoms with E-state index in [0.717, 1.165) is 11.3 Å². The van der Waals surface area contributed by atoms with Crippen LogP contribution in [0.5, 0.6) is 5.75 Å². The zero-order chi connectivity index (χ0) is 16.8. The van der Waals surface area contributed by atoms with E-state index in [0.29, 0.717) is 32.4 Å². The first-order valence-corrected chi connectivity index (χ1v) is 7.88. The van der Waals surface area contributed by atoms with E-state index >= 15 is 0 Å². The quantitative estimate of drug-likeness (QED) is 0.816. The Hall–Kier alpha value is -2.08. The number of carbonyl (C=O) groups excluding carboxylic acids is 2. The van der Waals surface area contributed by atoms with E-state index in [1.807, 2.05) is 31.2 Å². The number of hydrogen-bond donors (Lipinski definition) is 1. The van der Waals surface area contributed by atoms with Gasteiger partial charge in [-0.05, 0) is 31.0 Å². The van der Waals surface area contributed by atoms with Crippen LogP contribution in [0, 0.1) is 0 Å². The Morgan fingerprint density at radius 1 is 1.30 bits per heavy atom. The van der Waals surface area contributed by atoms with E-state index in [4.69, 9.17) is 15.2 Å². The number of ether oxygens (including phenoxy) is 2. The molecule has 2 amide bonds. The van der Waals surface area contributed by atoms with Crippen LogP contribution in [0.3, 0.4) is 0 Å². The summed E-state index contributed by atoms with van der Waals surface area (Å²) in [5.74, 6) is 0.278. The number of benzene rings is 1. The Bertz CT molecular complexity index is 544. The maximum Gasteiger partial charge on any atom is 0.240 e. The van der Waals surface area contributed by atoms with Gasteiger partial charge in [-0.2, -0.15) is 0 Å². The number of carbonyl (C=O) groups is 2. The van der Waals surface area contributed by atoms with E-state index in [1.165, 1.54) is 0 Å². The van der Waals surface area contributed by atoms with Crippen LogP contribution < -0.4 is 10.5 Å². The molecule has 0 aromatic heterocycles. The van der Waals surface area contributed by atoms with Gasteiger partial charge in [0.05, 0.1) is 12.7 Å². The number of aryl methyl sites for hydroxylation is 1. The smallest absolute Gasteiger partial charge is 0.240 e.